The quantitative estimate of drug-likeness (QED) is 0.585. The third-order valence-corrected chi connectivity index (χ3v) is 3.83. The van der Waals surface area contributed by atoms with Crippen molar-refractivity contribution in [3.8, 4) is 0 Å². The summed E-state index contributed by atoms with van der Waals surface area (Å²) < 4.78 is 0. The molecule has 2 aromatic rings. The molecule has 0 unspecified atom stereocenters. The molecular formula is C18H17Cl2N3O2. The normalized spacial score (nSPS) is 10.7. The van der Waals surface area contributed by atoms with Crippen LogP contribution in [-0.4, -0.2) is 18.0 Å². The largest absolute Gasteiger partial charge is 0.326 e. The predicted molar refractivity (Wildman–Crippen MR) is 101 cm³/mol. The van der Waals surface area contributed by atoms with E-state index in [0.717, 1.165) is 5.56 Å². The number of rotatable bonds is 6. The maximum absolute atomic E-state index is 11.8. The summed E-state index contributed by atoms with van der Waals surface area (Å²) in [5, 5.41) is 7.50. The van der Waals surface area contributed by atoms with E-state index in [1.54, 1.807) is 18.2 Å². The summed E-state index contributed by atoms with van der Waals surface area (Å²) >= 11 is 11.8. The van der Waals surface area contributed by atoms with Crippen LogP contribution in [-0.2, 0) is 9.59 Å². The zero-order valence-electron chi connectivity index (χ0n) is 13.6. The molecule has 0 saturated heterocycles. The van der Waals surface area contributed by atoms with Crippen LogP contribution in [0.25, 0.3) is 0 Å². The first-order valence-corrected chi connectivity index (χ1v) is 8.33. The molecule has 0 atom stereocenters. The van der Waals surface area contributed by atoms with Crippen LogP contribution in [0.15, 0.2) is 47.6 Å². The number of nitrogens with one attached hydrogen (secondary N) is 2. The molecule has 7 heteroatoms. The standard InChI is InChI=1S/C18H17Cl2N3O2/c1-12-2-6-15(7-3-12)22-17(24)8-9-18(25)23-21-11-13-4-5-14(19)10-16(13)20/h2-7,10-11H,8-9H2,1H3,(H,22,24)(H,23,25). The Morgan fingerprint density at radius 1 is 1.04 bits per heavy atom. The van der Waals surface area contributed by atoms with Crippen LogP contribution in [0.3, 0.4) is 0 Å². The zero-order chi connectivity index (χ0) is 18.2. The third-order valence-electron chi connectivity index (χ3n) is 3.27. The van der Waals surface area contributed by atoms with Gasteiger partial charge in [-0.2, -0.15) is 5.10 Å². The summed E-state index contributed by atoms with van der Waals surface area (Å²) in [5.41, 5.74) is 4.79. The summed E-state index contributed by atoms with van der Waals surface area (Å²) in [6.45, 7) is 1.97. The summed E-state index contributed by atoms with van der Waals surface area (Å²) in [5.74, 6) is -0.593. The minimum atomic E-state index is -0.361. The highest BCUT2D eigenvalue weighted by molar-refractivity contribution is 6.36. The van der Waals surface area contributed by atoms with Crippen molar-refractivity contribution in [2.45, 2.75) is 19.8 Å². The first-order valence-electron chi connectivity index (χ1n) is 7.57. The van der Waals surface area contributed by atoms with E-state index in [9.17, 15) is 9.59 Å². The first kappa shape index (κ1) is 19.0. The van der Waals surface area contributed by atoms with Crippen LogP contribution in [0, 0.1) is 6.92 Å². The second kappa shape index (κ2) is 9.20. The molecule has 2 aromatic carbocycles. The van der Waals surface area contributed by atoms with Gasteiger partial charge >= 0.3 is 0 Å². The minimum Gasteiger partial charge on any atom is -0.326 e. The van der Waals surface area contributed by atoms with Crippen LogP contribution in [0.1, 0.15) is 24.0 Å². The second-order valence-corrected chi connectivity index (χ2v) is 6.22. The van der Waals surface area contributed by atoms with Crippen molar-refractivity contribution >= 4 is 46.9 Å². The molecule has 130 valence electrons. The Morgan fingerprint density at radius 3 is 2.40 bits per heavy atom. The fourth-order valence-electron chi connectivity index (χ4n) is 1.92. The molecule has 0 bridgehead atoms. The van der Waals surface area contributed by atoms with Crippen LogP contribution < -0.4 is 10.7 Å². The summed E-state index contributed by atoms with van der Waals surface area (Å²) in [6, 6.07) is 12.4. The molecule has 0 spiro atoms. The van der Waals surface area contributed by atoms with Crippen LogP contribution in [0.4, 0.5) is 5.69 Å². The van der Waals surface area contributed by atoms with Crippen LogP contribution in [0.2, 0.25) is 10.0 Å². The fourth-order valence-corrected chi connectivity index (χ4v) is 2.38. The molecule has 2 amide bonds. The van der Waals surface area contributed by atoms with Crippen molar-refractivity contribution in [1.82, 2.24) is 5.43 Å². The van der Waals surface area contributed by atoms with Gasteiger partial charge in [-0.1, -0.05) is 47.0 Å². The monoisotopic (exact) mass is 377 g/mol. The molecule has 25 heavy (non-hydrogen) atoms. The van der Waals surface area contributed by atoms with Gasteiger partial charge in [0.05, 0.1) is 11.2 Å². The molecule has 0 aliphatic carbocycles. The van der Waals surface area contributed by atoms with Crippen molar-refractivity contribution in [2.24, 2.45) is 5.10 Å². The van der Waals surface area contributed by atoms with E-state index in [1.165, 1.54) is 6.21 Å². The maximum atomic E-state index is 11.8. The van der Waals surface area contributed by atoms with E-state index in [2.05, 4.69) is 15.8 Å². The minimum absolute atomic E-state index is 0.0311. The Hall–Kier alpha value is -2.37. The zero-order valence-corrected chi connectivity index (χ0v) is 15.1. The van der Waals surface area contributed by atoms with Gasteiger partial charge in [0.15, 0.2) is 0 Å². The van der Waals surface area contributed by atoms with Crippen molar-refractivity contribution in [2.75, 3.05) is 5.32 Å². The van der Waals surface area contributed by atoms with Crippen molar-refractivity contribution in [3.63, 3.8) is 0 Å². The van der Waals surface area contributed by atoms with E-state index in [-0.39, 0.29) is 24.7 Å². The lowest BCUT2D eigenvalue weighted by Crippen LogP contribution is -2.20. The molecule has 0 heterocycles. The van der Waals surface area contributed by atoms with Gasteiger partial charge in [-0.05, 0) is 31.2 Å². The topological polar surface area (TPSA) is 70.6 Å². The Kier molecular flexibility index (Phi) is 6.98. The first-order chi connectivity index (χ1) is 11.9. The molecular weight excluding hydrogens is 361 g/mol. The third kappa shape index (κ3) is 6.57. The molecule has 0 radical (unpaired) electrons. The average molecular weight is 378 g/mol. The van der Waals surface area contributed by atoms with Gasteiger partial charge in [0.25, 0.3) is 0 Å². The number of carbonyl (C=O) groups is 2. The number of amides is 2. The highest BCUT2D eigenvalue weighted by Gasteiger charge is 2.07. The highest BCUT2D eigenvalue weighted by atomic mass is 35.5. The fraction of sp³-hybridized carbons (Fsp3) is 0.167. The molecule has 0 aliphatic rings. The Morgan fingerprint density at radius 2 is 1.72 bits per heavy atom. The van der Waals surface area contributed by atoms with Gasteiger partial charge in [0.1, 0.15) is 0 Å². The molecule has 0 fully saturated rings. The van der Waals surface area contributed by atoms with E-state index >= 15 is 0 Å². The van der Waals surface area contributed by atoms with Gasteiger partial charge in [0, 0.05) is 29.1 Å². The predicted octanol–water partition coefficient (Wildman–Crippen LogP) is 4.17. The number of hydrogen-bond acceptors (Lipinski definition) is 3. The lowest BCUT2D eigenvalue weighted by Gasteiger charge is -2.05. The van der Waals surface area contributed by atoms with E-state index in [0.29, 0.717) is 21.3 Å². The summed E-state index contributed by atoms with van der Waals surface area (Å²) in [4.78, 5) is 23.5. The maximum Gasteiger partial charge on any atom is 0.240 e. The molecule has 5 nitrogen and oxygen atoms in total. The Bertz CT molecular complexity index is 789. The highest BCUT2D eigenvalue weighted by Crippen LogP contribution is 2.19. The lowest BCUT2D eigenvalue weighted by molar-refractivity contribution is -0.124. The lowest BCUT2D eigenvalue weighted by atomic mass is 10.2. The number of aryl methyl sites for hydroxylation is 1. The molecule has 2 N–H and O–H groups in total. The molecule has 2 rings (SSSR count). The second-order valence-electron chi connectivity index (χ2n) is 5.37. The Balaban J connectivity index is 1.75. The van der Waals surface area contributed by atoms with Gasteiger partial charge in [-0.3, -0.25) is 9.59 Å². The SMILES string of the molecule is Cc1ccc(NC(=O)CCC(=O)NN=Cc2ccc(Cl)cc2Cl)cc1. The summed E-state index contributed by atoms with van der Waals surface area (Å²) in [7, 11) is 0. The summed E-state index contributed by atoms with van der Waals surface area (Å²) in [6.07, 6.45) is 1.52. The number of halogens is 2. The van der Waals surface area contributed by atoms with Gasteiger partial charge < -0.3 is 5.32 Å². The van der Waals surface area contributed by atoms with Gasteiger partial charge in [-0.15, -0.1) is 0 Å². The van der Waals surface area contributed by atoms with Crippen LogP contribution in [0.5, 0.6) is 0 Å². The molecule has 0 saturated carbocycles. The number of hydrazone groups is 1. The number of anilines is 1. The number of hydrogen-bond donors (Lipinski definition) is 2. The average Bonchev–Trinajstić information content (AvgIpc) is 2.57. The Labute approximate surface area is 156 Å². The van der Waals surface area contributed by atoms with E-state index in [4.69, 9.17) is 23.2 Å². The van der Waals surface area contributed by atoms with Gasteiger partial charge in [0.2, 0.25) is 11.8 Å². The van der Waals surface area contributed by atoms with Crippen LogP contribution >= 0.6 is 23.2 Å². The van der Waals surface area contributed by atoms with E-state index < -0.39 is 0 Å². The number of carbonyl (C=O) groups excluding carboxylic acids is 2. The molecule has 0 aliphatic heterocycles. The van der Waals surface area contributed by atoms with Crippen molar-refractivity contribution in [3.05, 3.63) is 63.6 Å². The number of nitrogens with zero attached hydrogens (tertiary/aromatic N) is 1. The van der Waals surface area contributed by atoms with Crippen molar-refractivity contribution < 1.29 is 9.59 Å². The van der Waals surface area contributed by atoms with E-state index in [1.807, 2.05) is 31.2 Å². The van der Waals surface area contributed by atoms with Gasteiger partial charge in [-0.25, -0.2) is 5.43 Å². The number of benzene rings is 2. The smallest absolute Gasteiger partial charge is 0.240 e. The molecule has 0 aromatic heterocycles. The van der Waals surface area contributed by atoms with Crippen molar-refractivity contribution in [1.29, 1.82) is 0 Å².